The summed E-state index contributed by atoms with van der Waals surface area (Å²) in [6.07, 6.45) is 1.96. The smallest absolute Gasteiger partial charge is 0.308 e. The molecular weight excluding hydrogens is 363 g/mol. The van der Waals surface area contributed by atoms with Gasteiger partial charge in [0.1, 0.15) is 5.75 Å². The minimum absolute atomic E-state index is 0. The third-order valence-electron chi connectivity index (χ3n) is 5.54. The summed E-state index contributed by atoms with van der Waals surface area (Å²) in [7, 11) is 3.79. The van der Waals surface area contributed by atoms with Crippen LogP contribution in [-0.4, -0.2) is 61.2 Å². The van der Waals surface area contributed by atoms with Crippen LogP contribution >= 0.6 is 24.8 Å². The van der Waals surface area contributed by atoms with Crippen LogP contribution in [0, 0.1) is 11.3 Å². The number of carbonyl (C=O) groups is 1. The van der Waals surface area contributed by atoms with Gasteiger partial charge in [-0.25, -0.2) is 0 Å². The predicted molar refractivity (Wildman–Crippen MR) is 103 cm³/mol. The maximum absolute atomic E-state index is 11.8. The zero-order chi connectivity index (χ0) is 16.4. The summed E-state index contributed by atoms with van der Waals surface area (Å²) >= 11 is 0. The summed E-state index contributed by atoms with van der Waals surface area (Å²) in [6.45, 7) is 4.32. The lowest BCUT2D eigenvalue weighted by Crippen LogP contribution is -2.44. The Morgan fingerprint density at radius 3 is 2.60 bits per heavy atom. The Balaban J connectivity index is 0.00000156. The van der Waals surface area contributed by atoms with Crippen molar-refractivity contribution in [3.8, 4) is 5.75 Å². The van der Waals surface area contributed by atoms with Crippen molar-refractivity contribution in [1.29, 1.82) is 0 Å². The van der Waals surface area contributed by atoms with Gasteiger partial charge in [0.2, 0.25) is 0 Å². The molecule has 2 saturated heterocycles. The van der Waals surface area contributed by atoms with Gasteiger partial charge in [0.25, 0.3) is 0 Å². The highest BCUT2D eigenvalue weighted by atomic mass is 35.5. The van der Waals surface area contributed by atoms with E-state index in [0.29, 0.717) is 6.54 Å². The molecule has 2 aliphatic heterocycles. The molecule has 3 rings (SSSR count). The highest BCUT2D eigenvalue weighted by molar-refractivity contribution is 5.85. The fourth-order valence-electron chi connectivity index (χ4n) is 4.13. The van der Waals surface area contributed by atoms with Crippen LogP contribution in [0.1, 0.15) is 18.4 Å². The normalized spacial score (nSPS) is 22.9. The average Bonchev–Trinajstić information content (AvgIpc) is 2.89. The van der Waals surface area contributed by atoms with Crippen molar-refractivity contribution in [2.45, 2.75) is 19.4 Å². The second-order valence-corrected chi connectivity index (χ2v) is 7.08. The van der Waals surface area contributed by atoms with Gasteiger partial charge in [-0.05, 0) is 50.7 Å². The number of aliphatic carboxylic acids is 1. The minimum atomic E-state index is -0.636. The van der Waals surface area contributed by atoms with Crippen LogP contribution < -0.4 is 4.74 Å². The average molecular weight is 391 g/mol. The molecule has 0 aliphatic carbocycles. The number of hydrogen-bond acceptors (Lipinski definition) is 4. The van der Waals surface area contributed by atoms with Gasteiger partial charge in [-0.3, -0.25) is 9.69 Å². The number of piperidine rings is 1. The molecule has 1 spiro atoms. The molecule has 1 N–H and O–H groups in total. The van der Waals surface area contributed by atoms with E-state index in [1.807, 2.05) is 18.2 Å². The Morgan fingerprint density at radius 2 is 2.00 bits per heavy atom. The van der Waals surface area contributed by atoms with Crippen molar-refractivity contribution in [2.24, 2.45) is 11.3 Å². The molecule has 1 aromatic rings. The lowest BCUT2D eigenvalue weighted by molar-refractivity contribution is -0.145. The quantitative estimate of drug-likeness (QED) is 0.856. The Hall–Kier alpha value is -1.01. The second-order valence-electron chi connectivity index (χ2n) is 7.08. The van der Waals surface area contributed by atoms with E-state index in [1.165, 1.54) is 5.56 Å². The number of methoxy groups -OCH3 is 1. The number of hydrogen-bond donors (Lipinski definition) is 1. The van der Waals surface area contributed by atoms with Crippen molar-refractivity contribution in [3.05, 3.63) is 29.8 Å². The van der Waals surface area contributed by atoms with Crippen LogP contribution in [0.2, 0.25) is 0 Å². The molecule has 2 heterocycles. The molecule has 0 bridgehead atoms. The number of carboxylic acids is 1. The first-order valence-electron chi connectivity index (χ1n) is 8.29. The number of nitrogens with zero attached hydrogens (tertiary/aromatic N) is 2. The van der Waals surface area contributed by atoms with E-state index in [1.54, 1.807) is 7.11 Å². The van der Waals surface area contributed by atoms with Crippen LogP contribution in [0.3, 0.4) is 0 Å². The van der Waals surface area contributed by atoms with E-state index >= 15 is 0 Å². The van der Waals surface area contributed by atoms with E-state index in [2.05, 4.69) is 22.9 Å². The van der Waals surface area contributed by atoms with Gasteiger partial charge in [-0.1, -0.05) is 12.1 Å². The van der Waals surface area contributed by atoms with Gasteiger partial charge in [0.15, 0.2) is 0 Å². The molecule has 1 aromatic carbocycles. The maximum atomic E-state index is 11.8. The van der Waals surface area contributed by atoms with Crippen LogP contribution in [0.15, 0.2) is 24.3 Å². The lowest BCUT2D eigenvalue weighted by Gasteiger charge is -2.40. The summed E-state index contributed by atoms with van der Waals surface area (Å²) in [5, 5.41) is 9.70. The summed E-state index contributed by atoms with van der Waals surface area (Å²) in [5.41, 5.74) is 1.12. The van der Waals surface area contributed by atoms with Crippen LogP contribution in [0.4, 0.5) is 0 Å². The molecule has 0 saturated carbocycles. The first-order valence-corrected chi connectivity index (χ1v) is 8.29. The van der Waals surface area contributed by atoms with E-state index in [9.17, 15) is 9.90 Å². The first-order chi connectivity index (χ1) is 11.0. The van der Waals surface area contributed by atoms with Crippen molar-refractivity contribution < 1.29 is 14.6 Å². The van der Waals surface area contributed by atoms with Crippen molar-refractivity contribution in [2.75, 3.05) is 40.3 Å². The summed E-state index contributed by atoms with van der Waals surface area (Å²) < 4.78 is 5.28. The fourth-order valence-corrected chi connectivity index (χ4v) is 4.13. The third kappa shape index (κ3) is 4.79. The SMILES string of the molecule is COc1cccc(CN2CC(C(=O)O)C3(CCN(C)CC3)C2)c1.Cl.Cl. The van der Waals surface area contributed by atoms with Gasteiger partial charge in [-0.15, -0.1) is 24.8 Å². The monoisotopic (exact) mass is 390 g/mol. The van der Waals surface area contributed by atoms with Gasteiger partial charge < -0.3 is 14.7 Å². The highest BCUT2D eigenvalue weighted by Crippen LogP contribution is 2.45. The van der Waals surface area contributed by atoms with Crippen molar-refractivity contribution in [1.82, 2.24) is 9.80 Å². The second kappa shape index (κ2) is 9.08. The van der Waals surface area contributed by atoms with Gasteiger partial charge in [-0.2, -0.15) is 0 Å². The molecule has 7 heteroatoms. The summed E-state index contributed by atoms with van der Waals surface area (Å²) in [5.74, 6) is -0.0324. The Bertz CT molecular complexity index is 577. The minimum Gasteiger partial charge on any atom is -0.497 e. The fraction of sp³-hybridized carbons (Fsp3) is 0.611. The van der Waals surface area contributed by atoms with E-state index in [4.69, 9.17) is 4.74 Å². The molecule has 0 amide bonds. The van der Waals surface area contributed by atoms with E-state index in [-0.39, 0.29) is 36.1 Å². The zero-order valence-electron chi connectivity index (χ0n) is 14.8. The molecule has 1 unspecified atom stereocenters. The number of likely N-dealkylation sites (tertiary alicyclic amines) is 2. The zero-order valence-corrected chi connectivity index (χ0v) is 16.4. The van der Waals surface area contributed by atoms with E-state index < -0.39 is 5.97 Å². The number of rotatable bonds is 4. The molecule has 25 heavy (non-hydrogen) atoms. The molecule has 1 atom stereocenters. The molecule has 2 fully saturated rings. The Kier molecular flexibility index (Phi) is 8.00. The first kappa shape index (κ1) is 22.0. The molecule has 142 valence electrons. The topological polar surface area (TPSA) is 53.0 Å². The third-order valence-corrected chi connectivity index (χ3v) is 5.54. The van der Waals surface area contributed by atoms with Gasteiger partial charge in [0.05, 0.1) is 13.0 Å². The largest absolute Gasteiger partial charge is 0.497 e. The van der Waals surface area contributed by atoms with Crippen LogP contribution in [0.25, 0.3) is 0 Å². The Morgan fingerprint density at radius 1 is 1.32 bits per heavy atom. The van der Waals surface area contributed by atoms with Crippen molar-refractivity contribution >= 4 is 30.8 Å². The number of ether oxygens (including phenoxy) is 1. The number of halogens is 2. The summed E-state index contributed by atoms with van der Waals surface area (Å²) in [4.78, 5) is 16.4. The predicted octanol–water partition coefficient (Wildman–Crippen LogP) is 2.77. The van der Waals surface area contributed by atoms with Gasteiger partial charge >= 0.3 is 5.97 Å². The molecule has 0 aromatic heterocycles. The Labute approximate surface area is 162 Å². The highest BCUT2D eigenvalue weighted by Gasteiger charge is 2.50. The number of carboxylic acid groups (broad SMARTS) is 1. The molecule has 2 aliphatic rings. The van der Waals surface area contributed by atoms with E-state index in [0.717, 1.165) is 44.8 Å². The van der Waals surface area contributed by atoms with Crippen LogP contribution in [-0.2, 0) is 11.3 Å². The van der Waals surface area contributed by atoms with Crippen LogP contribution in [0.5, 0.6) is 5.75 Å². The summed E-state index contributed by atoms with van der Waals surface area (Å²) in [6, 6.07) is 8.05. The molecule has 5 nitrogen and oxygen atoms in total. The molecular formula is C18H28Cl2N2O3. The molecule has 0 radical (unpaired) electrons. The standard InChI is InChI=1S/C18H26N2O3.2ClH/c1-19-8-6-18(7-9-19)13-20(12-16(18)17(21)22)11-14-4-3-5-15(10-14)23-2;;/h3-5,10,16H,6-9,11-13H2,1-2H3,(H,21,22);2*1H. The number of benzene rings is 1. The maximum Gasteiger partial charge on any atom is 0.308 e. The van der Waals surface area contributed by atoms with Crippen molar-refractivity contribution in [3.63, 3.8) is 0 Å². The van der Waals surface area contributed by atoms with Gasteiger partial charge in [0, 0.05) is 25.0 Å². The lowest BCUT2D eigenvalue weighted by atomic mass is 9.71.